The molecule has 7 aliphatic rings. The maximum atomic E-state index is 13.6. The van der Waals surface area contributed by atoms with Crippen LogP contribution in [0.15, 0.2) is 53.8 Å². The number of hydrogen-bond acceptors (Lipinski definition) is 8. The number of Topliss-reactive ketones (excluding diaryl/α,β-unsaturated/α-hetero) is 1. The van der Waals surface area contributed by atoms with Gasteiger partial charge in [0, 0.05) is 17.7 Å². The first-order valence-electron chi connectivity index (χ1n) is 25.0. The van der Waals surface area contributed by atoms with E-state index in [4.69, 9.17) is 9.47 Å². The normalized spacial score (nSPS) is 41.6. The number of pyridine rings is 1. The number of ketones is 1. The molecule has 0 aromatic carbocycles. The zero-order chi connectivity index (χ0) is 45.2. The van der Waals surface area contributed by atoms with E-state index < -0.39 is 11.0 Å². The van der Waals surface area contributed by atoms with E-state index in [-0.39, 0.29) is 57.4 Å². The molecule has 7 aliphatic carbocycles. The van der Waals surface area contributed by atoms with Crippen molar-refractivity contribution in [1.82, 2.24) is 10.3 Å². The minimum atomic E-state index is -0.828. The second kappa shape index (κ2) is 16.9. The number of fused-ring (bicyclic) bond motifs is 7. The lowest BCUT2D eigenvalue weighted by molar-refractivity contribution is -0.221. The summed E-state index contributed by atoms with van der Waals surface area (Å²) >= 11 is 0. The average molecular weight is 862 g/mol. The Labute approximate surface area is 379 Å². The first-order valence-corrected chi connectivity index (χ1v) is 25.0. The minimum Gasteiger partial charge on any atom is -0.475 e. The molecule has 5 fully saturated rings. The van der Waals surface area contributed by atoms with Gasteiger partial charge in [-0.25, -0.2) is 4.98 Å². The van der Waals surface area contributed by atoms with Gasteiger partial charge in [-0.3, -0.25) is 9.59 Å². The van der Waals surface area contributed by atoms with E-state index in [1.54, 1.807) is 25.3 Å². The van der Waals surface area contributed by atoms with Crippen molar-refractivity contribution < 1.29 is 24.2 Å². The fourth-order valence-corrected chi connectivity index (χ4v) is 16.6. The summed E-state index contributed by atoms with van der Waals surface area (Å²) < 4.78 is 11.8. The molecule has 344 valence electrons. The van der Waals surface area contributed by atoms with Gasteiger partial charge in [-0.1, -0.05) is 58.9 Å². The number of aromatic nitrogens is 1. The van der Waals surface area contributed by atoms with Crippen molar-refractivity contribution in [2.45, 2.75) is 176 Å². The standard InChI is InChI=1S/C55H79N3O5/c1-10-62-48(60)53(35-63-47-40(34-56)12-11-32-57-47)24-15-39(16-25-53)42-20-22-50(7)44(49(42,5)6)21-23-52(9)45(50)14-13-43-46-41(36(2)3)19-28-55(46,30-29-51(43,52)8)58-33-31-54(61)26-17-38(18-27-54)37(4)59/h11-12,15,20,32,38,41,43-46,58,61H,2,10,13-14,16-19,21-31,33,35H2,1,3-9H3/t38?,41-,43+,44-,45+,46+,50-,51+,52+,53-,54?,55-/m0/s1. The van der Waals surface area contributed by atoms with Crippen molar-refractivity contribution in [2.24, 2.45) is 62.6 Å². The van der Waals surface area contributed by atoms with Crippen LogP contribution in [-0.4, -0.2) is 52.7 Å². The van der Waals surface area contributed by atoms with Gasteiger partial charge in [0.15, 0.2) is 0 Å². The number of hydrogen-bond donors (Lipinski definition) is 2. The number of allylic oxidation sites excluding steroid dienone is 5. The zero-order valence-corrected chi connectivity index (χ0v) is 40.2. The molecule has 0 saturated heterocycles. The second-order valence-corrected chi connectivity index (χ2v) is 23.4. The van der Waals surface area contributed by atoms with Gasteiger partial charge in [0.1, 0.15) is 29.4 Å². The molecule has 0 radical (unpaired) electrons. The van der Waals surface area contributed by atoms with E-state index in [0.29, 0.717) is 54.6 Å². The van der Waals surface area contributed by atoms with Gasteiger partial charge in [-0.15, -0.1) is 0 Å². The summed E-state index contributed by atoms with van der Waals surface area (Å²) in [6, 6.07) is 5.58. The largest absolute Gasteiger partial charge is 0.475 e. The smallest absolute Gasteiger partial charge is 0.315 e. The van der Waals surface area contributed by atoms with Crippen LogP contribution >= 0.6 is 0 Å². The van der Waals surface area contributed by atoms with E-state index in [0.717, 1.165) is 51.5 Å². The number of esters is 1. The molecule has 5 saturated carbocycles. The molecule has 1 heterocycles. The molecule has 0 aliphatic heterocycles. The van der Waals surface area contributed by atoms with Crippen molar-refractivity contribution in [3.05, 3.63) is 59.3 Å². The fraction of sp³-hybridized carbons (Fsp3) is 0.745. The van der Waals surface area contributed by atoms with Crippen molar-refractivity contribution in [3.8, 4) is 11.9 Å². The van der Waals surface area contributed by atoms with Gasteiger partial charge in [-0.2, -0.15) is 5.26 Å². The molecule has 8 nitrogen and oxygen atoms in total. The Morgan fingerprint density at radius 3 is 2.35 bits per heavy atom. The number of carbonyl (C=O) groups is 2. The molecule has 63 heavy (non-hydrogen) atoms. The number of aliphatic hydroxyl groups is 1. The van der Waals surface area contributed by atoms with Crippen LogP contribution in [0.2, 0.25) is 0 Å². The molecular weight excluding hydrogens is 783 g/mol. The van der Waals surface area contributed by atoms with Crippen LogP contribution in [0.25, 0.3) is 0 Å². The van der Waals surface area contributed by atoms with E-state index in [9.17, 15) is 20.0 Å². The van der Waals surface area contributed by atoms with Crippen LogP contribution in [0.4, 0.5) is 0 Å². The number of ether oxygens (including phenoxy) is 2. The summed E-state index contributed by atoms with van der Waals surface area (Å²) in [5.41, 5.74) is 3.84. The molecule has 1 aromatic rings. The molecule has 0 amide bonds. The van der Waals surface area contributed by atoms with E-state index in [1.165, 1.54) is 68.1 Å². The van der Waals surface area contributed by atoms with E-state index in [2.05, 4.69) is 76.6 Å². The predicted molar refractivity (Wildman–Crippen MR) is 248 cm³/mol. The van der Waals surface area contributed by atoms with Crippen molar-refractivity contribution in [3.63, 3.8) is 0 Å². The maximum absolute atomic E-state index is 13.6. The Kier molecular flexibility index (Phi) is 12.4. The van der Waals surface area contributed by atoms with Crippen LogP contribution < -0.4 is 10.1 Å². The quantitative estimate of drug-likeness (QED) is 0.157. The third kappa shape index (κ3) is 7.59. The maximum Gasteiger partial charge on any atom is 0.315 e. The summed E-state index contributed by atoms with van der Waals surface area (Å²) in [4.78, 5) is 30.0. The summed E-state index contributed by atoms with van der Waals surface area (Å²) in [7, 11) is 0. The molecule has 0 spiro atoms. The van der Waals surface area contributed by atoms with Gasteiger partial charge in [0.2, 0.25) is 5.88 Å². The number of nitriles is 1. The summed E-state index contributed by atoms with van der Waals surface area (Å²) in [6.07, 6.45) is 23.4. The zero-order valence-electron chi connectivity index (χ0n) is 40.2. The molecule has 10 atom stereocenters. The van der Waals surface area contributed by atoms with Crippen LogP contribution in [0.3, 0.4) is 0 Å². The Morgan fingerprint density at radius 1 is 0.921 bits per heavy atom. The highest BCUT2D eigenvalue weighted by atomic mass is 16.5. The molecule has 2 N–H and O–H groups in total. The van der Waals surface area contributed by atoms with Gasteiger partial charge >= 0.3 is 5.97 Å². The lowest BCUT2D eigenvalue weighted by atomic mass is 9.33. The van der Waals surface area contributed by atoms with Gasteiger partial charge in [0.25, 0.3) is 0 Å². The number of nitrogens with zero attached hydrogens (tertiary/aromatic N) is 2. The molecule has 1 aromatic heterocycles. The first-order chi connectivity index (χ1) is 29.8. The second-order valence-electron chi connectivity index (χ2n) is 23.4. The fourth-order valence-electron chi connectivity index (χ4n) is 16.6. The van der Waals surface area contributed by atoms with Gasteiger partial charge in [-0.05, 0) is 211 Å². The van der Waals surface area contributed by atoms with Crippen LogP contribution in [0.5, 0.6) is 5.88 Å². The Morgan fingerprint density at radius 2 is 1.68 bits per heavy atom. The Bertz CT molecular complexity index is 2060. The van der Waals surface area contributed by atoms with Crippen molar-refractivity contribution >= 4 is 11.8 Å². The van der Waals surface area contributed by atoms with Gasteiger partial charge in [0.05, 0.1) is 12.2 Å². The topological polar surface area (TPSA) is 122 Å². The summed E-state index contributed by atoms with van der Waals surface area (Å²) in [6.45, 7) is 24.9. The minimum absolute atomic E-state index is 0.00841. The monoisotopic (exact) mass is 862 g/mol. The number of rotatable bonds is 12. The lowest BCUT2D eigenvalue weighted by Gasteiger charge is -2.72. The molecule has 0 bridgehead atoms. The average Bonchev–Trinajstić information content (AvgIpc) is 3.63. The lowest BCUT2D eigenvalue weighted by Crippen LogP contribution is -2.68. The highest BCUT2D eigenvalue weighted by Crippen LogP contribution is 2.76. The van der Waals surface area contributed by atoms with Crippen LogP contribution in [-0.2, 0) is 14.3 Å². The Hall–Kier alpha value is -3.28. The van der Waals surface area contributed by atoms with Crippen LogP contribution in [0, 0.1) is 73.9 Å². The van der Waals surface area contributed by atoms with Crippen LogP contribution in [0.1, 0.15) is 170 Å². The van der Waals surface area contributed by atoms with Crippen molar-refractivity contribution in [1.29, 1.82) is 5.26 Å². The first kappa shape index (κ1) is 46.3. The van der Waals surface area contributed by atoms with E-state index in [1.807, 2.05) is 6.92 Å². The van der Waals surface area contributed by atoms with Gasteiger partial charge < -0.3 is 19.9 Å². The van der Waals surface area contributed by atoms with Crippen molar-refractivity contribution in [2.75, 3.05) is 19.8 Å². The number of nitrogens with one attached hydrogen (secondary N) is 1. The number of carbonyl (C=O) groups excluding carboxylic acids is 2. The third-order valence-electron chi connectivity index (χ3n) is 20.2. The summed E-state index contributed by atoms with van der Waals surface area (Å²) in [5.74, 6) is 3.37. The molecule has 8 rings (SSSR count). The van der Waals surface area contributed by atoms with E-state index >= 15 is 0 Å². The highest BCUT2D eigenvalue weighted by Gasteiger charge is 2.70. The third-order valence-corrected chi connectivity index (χ3v) is 20.2. The highest BCUT2D eigenvalue weighted by molar-refractivity contribution is 5.78. The molecule has 8 heteroatoms. The molecule has 0 unspecified atom stereocenters. The SMILES string of the molecule is C=C(C)[C@@H]1CC[C@]2(NCCC3(O)CCC(C(C)=O)CC3)CC[C@]3(C)[C@H](CC[C@@H]4[C@@]5(C)CC=C(C6=CC[C@](COc7ncccc7C#N)(C(=O)OCC)CC6)C(C)(C)[C@@H]5CC[C@]43C)[C@@H]12. The predicted octanol–water partition coefficient (Wildman–Crippen LogP) is 11.4. The summed E-state index contributed by atoms with van der Waals surface area (Å²) in [5, 5.41) is 25.5. The Balaban J connectivity index is 1.01. The molecular formula is C55H79N3O5.